The van der Waals surface area contributed by atoms with Crippen LogP contribution in [0.25, 0.3) is 0 Å². The molecule has 0 aromatic heterocycles. The van der Waals surface area contributed by atoms with Crippen molar-refractivity contribution in [2.24, 2.45) is 0 Å². The van der Waals surface area contributed by atoms with E-state index in [2.05, 4.69) is 16.0 Å². The minimum Gasteiger partial charge on any atom is -0.482 e. The molecule has 0 fully saturated rings. The number of amides is 3. The van der Waals surface area contributed by atoms with E-state index in [4.69, 9.17) is 9.84 Å². The molecule has 3 rings (SSSR count). The predicted molar refractivity (Wildman–Crippen MR) is 102 cm³/mol. The molecular formula is C20H19N3O5. The van der Waals surface area contributed by atoms with E-state index in [9.17, 15) is 14.4 Å². The van der Waals surface area contributed by atoms with Crippen molar-refractivity contribution in [2.75, 3.05) is 11.9 Å². The van der Waals surface area contributed by atoms with Crippen molar-refractivity contribution < 1.29 is 24.2 Å². The first kappa shape index (κ1) is 19.0. The average molecular weight is 381 g/mol. The molecule has 0 spiro atoms. The van der Waals surface area contributed by atoms with Crippen molar-refractivity contribution in [3.63, 3.8) is 0 Å². The first-order valence-electron chi connectivity index (χ1n) is 8.53. The molecule has 0 saturated carbocycles. The lowest BCUT2D eigenvalue weighted by Crippen LogP contribution is -2.45. The molecule has 1 atom stereocenters. The van der Waals surface area contributed by atoms with Crippen LogP contribution in [0.1, 0.15) is 18.5 Å². The number of urea groups is 1. The SMILES string of the molecule is CC1=C(C(=O)Nc2ccccc2)[C@H](c2ccc(OCC(=O)O)cc2)NC(=O)N1. The monoisotopic (exact) mass is 381 g/mol. The van der Waals surface area contributed by atoms with Crippen LogP contribution in [0.4, 0.5) is 10.5 Å². The van der Waals surface area contributed by atoms with E-state index >= 15 is 0 Å². The molecule has 2 aromatic rings. The van der Waals surface area contributed by atoms with Crippen LogP contribution in [0.5, 0.6) is 5.75 Å². The van der Waals surface area contributed by atoms with Gasteiger partial charge < -0.3 is 25.8 Å². The Morgan fingerprint density at radius 2 is 1.79 bits per heavy atom. The fourth-order valence-electron chi connectivity index (χ4n) is 2.87. The zero-order valence-electron chi connectivity index (χ0n) is 15.1. The quantitative estimate of drug-likeness (QED) is 0.613. The van der Waals surface area contributed by atoms with Crippen LogP contribution in [0.2, 0.25) is 0 Å². The summed E-state index contributed by atoms with van der Waals surface area (Å²) in [6, 6.07) is 14.5. The number of carbonyl (C=O) groups is 3. The number of carboxylic acid groups (broad SMARTS) is 1. The van der Waals surface area contributed by atoms with Gasteiger partial charge in [0, 0.05) is 11.4 Å². The summed E-state index contributed by atoms with van der Waals surface area (Å²) in [5, 5.41) is 16.9. The van der Waals surface area contributed by atoms with Gasteiger partial charge in [-0.1, -0.05) is 30.3 Å². The van der Waals surface area contributed by atoms with Crippen LogP contribution < -0.4 is 20.7 Å². The number of aliphatic carboxylic acids is 1. The molecule has 0 saturated heterocycles. The van der Waals surface area contributed by atoms with E-state index in [0.29, 0.717) is 28.3 Å². The molecule has 4 N–H and O–H groups in total. The molecule has 144 valence electrons. The van der Waals surface area contributed by atoms with Crippen LogP contribution in [0.15, 0.2) is 65.9 Å². The smallest absolute Gasteiger partial charge is 0.341 e. The van der Waals surface area contributed by atoms with Crippen LogP contribution in [0.3, 0.4) is 0 Å². The third kappa shape index (κ3) is 4.47. The van der Waals surface area contributed by atoms with Gasteiger partial charge in [0.25, 0.3) is 5.91 Å². The minimum atomic E-state index is -1.08. The van der Waals surface area contributed by atoms with Gasteiger partial charge >= 0.3 is 12.0 Å². The van der Waals surface area contributed by atoms with E-state index in [1.54, 1.807) is 43.3 Å². The first-order valence-corrected chi connectivity index (χ1v) is 8.53. The summed E-state index contributed by atoms with van der Waals surface area (Å²) in [6.45, 7) is 1.21. The van der Waals surface area contributed by atoms with Crippen LogP contribution in [-0.4, -0.2) is 29.6 Å². The number of carboxylic acids is 1. The standard InChI is InChI=1S/C20H19N3O5/c1-12-17(19(26)22-14-5-3-2-4-6-14)18(23-20(27)21-12)13-7-9-15(10-8-13)28-11-16(24)25/h2-10,18H,11H2,1H3,(H,22,26)(H,24,25)(H2,21,23,27)/t18-/m0/s1. The molecule has 3 amide bonds. The number of hydrogen-bond acceptors (Lipinski definition) is 4. The summed E-state index contributed by atoms with van der Waals surface area (Å²) in [4.78, 5) is 35.4. The summed E-state index contributed by atoms with van der Waals surface area (Å²) in [5.74, 6) is -1.04. The third-order valence-corrected chi connectivity index (χ3v) is 4.12. The Morgan fingerprint density at radius 1 is 1.11 bits per heavy atom. The van der Waals surface area contributed by atoms with Gasteiger partial charge in [-0.05, 0) is 36.8 Å². The van der Waals surface area contributed by atoms with Gasteiger partial charge in [-0.2, -0.15) is 0 Å². The molecule has 1 heterocycles. The maximum Gasteiger partial charge on any atom is 0.341 e. The molecule has 1 aliphatic heterocycles. The topological polar surface area (TPSA) is 117 Å². The maximum absolute atomic E-state index is 12.9. The number of benzene rings is 2. The number of carbonyl (C=O) groups excluding carboxylic acids is 2. The number of allylic oxidation sites excluding steroid dienone is 1. The number of hydrogen-bond donors (Lipinski definition) is 4. The van der Waals surface area contributed by atoms with Gasteiger partial charge in [-0.15, -0.1) is 0 Å². The van der Waals surface area contributed by atoms with Crippen molar-refractivity contribution in [1.82, 2.24) is 10.6 Å². The Bertz CT molecular complexity index is 923. The Labute approximate surface area is 161 Å². The molecule has 0 bridgehead atoms. The molecule has 8 nitrogen and oxygen atoms in total. The molecule has 8 heteroatoms. The summed E-state index contributed by atoms with van der Waals surface area (Å²) < 4.78 is 5.11. The summed E-state index contributed by atoms with van der Waals surface area (Å²) in [7, 11) is 0. The number of rotatable bonds is 6. The number of nitrogens with one attached hydrogen (secondary N) is 3. The Hall–Kier alpha value is -3.81. The van der Waals surface area contributed by atoms with Gasteiger partial charge in [-0.3, -0.25) is 4.79 Å². The second-order valence-corrected chi connectivity index (χ2v) is 6.14. The Balaban J connectivity index is 1.85. The van der Waals surface area contributed by atoms with E-state index in [-0.39, 0.29) is 5.91 Å². The fourth-order valence-corrected chi connectivity index (χ4v) is 2.87. The number of para-hydroxylation sites is 1. The Kier molecular flexibility index (Phi) is 5.59. The lowest BCUT2D eigenvalue weighted by molar-refractivity contribution is -0.139. The molecule has 1 aliphatic rings. The lowest BCUT2D eigenvalue weighted by atomic mass is 9.94. The molecule has 0 radical (unpaired) electrons. The predicted octanol–water partition coefficient (Wildman–Crippen LogP) is 2.42. The van der Waals surface area contributed by atoms with Crippen molar-refractivity contribution in [3.8, 4) is 5.75 Å². The highest BCUT2D eigenvalue weighted by Gasteiger charge is 2.31. The highest BCUT2D eigenvalue weighted by molar-refractivity contribution is 6.06. The van der Waals surface area contributed by atoms with Gasteiger partial charge in [0.2, 0.25) is 0 Å². The van der Waals surface area contributed by atoms with E-state index in [1.807, 2.05) is 18.2 Å². The lowest BCUT2D eigenvalue weighted by Gasteiger charge is -2.28. The van der Waals surface area contributed by atoms with Gasteiger partial charge in [0.1, 0.15) is 5.75 Å². The van der Waals surface area contributed by atoms with Crippen LogP contribution in [-0.2, 0) is 9.59 Å². The summed E-state index contributed by atoms with van der Waals surface area (Å²) >= 11 is 0. The van der Waals surface area contributed by atoms with E-state index in [1.165, 1.54) is 0 Å². The molecular weight excluding hydrogens is 362 g/mol. The van der Waals surface area contributed by atoms with Crippen molar-refractivity contribution in [2.45, 2.75) is 13.0 Å². The van der Waals surface area contributed by atoms with Gasteiger partial charge in [0.05, 0.1) is 11.6 Å². The summed E-state index contributed by atoms with van der Waals surface area (Å²) in [5.41, 5.74) is 2.13. The molecule has 2 aromatic carbocycles. The van der Waals surface area contributed by atoms with Crippen molar-refractivity contribution >= 4 is 23.6 Å². The molecule has 0 unspecified atom stereocenters. The zero-order valence-corrected chi connectivity index (χ0v) is 15.1. The average Bonchev–Trinajstić information content (AvgIpc) is 2.66. The van der Waals surface area contributed by atoms with Crippen molar-refractivity contribution in [3.05, 3.63) is 71.4 Å². The second-order valence-electron chi connectivity index (χ2n) is 6.14. The normalized spacial score (nSPS) is 16.0. The first-order chi connectivity index (χ1) is 13.4. The highest BCUT2D eigenvalue weighted by atomic mass is 16.5. The Morgan fingerprint density at radius 3 is 2.43 bits per heavy atom. The van der Waals surface area contributed by atoms with Crippen molar-refractivity contribution in [1.29, 1.82) is 0 Å². The number of ether oxygens (including phenoxy) is 1. The number of anilines is 1. The third-order valence-electron chi connectivity index (χ3n) is 4.12. The highest BCUT2D eigenvalue weighted by Crippen LogP contribution is 2.29. The van der Waals surface area contributed by atoms with E-state index in [0.717, 1.165) is 0 Å². The van der Waals surface area contributed by atoms with Crippen LogP contribution >= 0.6 is 0 Å². The zero-order chi connectivity index (χ0) is 20.1. The second kappa shape index (κ2) is 8.26. The maximum atomic E-state index is 12.9. The molecule has 0 aliphatic carbocycles. The molecule has 28 heavy (non-hydrogen) atoms. The van der Waals surface area contributed by atoms with Gasteiger partial charge in [0.15, 0.2) is 6.61 Å². The van der Waals surface area contributed by atoms with Gasteiger partial charge in [-0.25, -0.2) is 9.59 Å². The minimum absolute atomic E-state index is 0.340. The summed E-state index contributed by atoms with van der Waals surface area (Å²) in [6.07, 6.45) is 0. The van der Waals surface area contributed by atoms with Crippen LogP contribution in [0, 0.1) is 0 Å². The van der Waals surface area contributed by atoms with E-state index < -0.39 is 24.6 Å². The fraction of sp³-hybridized carbons (Fsp3) is 0.150. The largest absolute Gasteiger partial charge is 0.482 e.